The van der Waals surface area contributed by atoms with Gasteiger partial charge in [0.15, 0.2) is 5.76 Å². The highest BCUT2D eigenvalue weighted by atomic mass is 16.5. The number of aromatic amines is 1. The number of ether oxygens (including phenoxy) is 1. The number of fused-ring (bicyclic) bond motifs is 2. The number of benzene rings is 2. The number of H-pyrrole nitrogens is 1. The van der Waals surface area contributed by atoms with Crippen LogP contribution in [-0.2, 0) is 4.74 Å². The second-order valence-corrected chi connectivity index (χ2v) is 6.07. The Labute approximate surface area is 154 Å². The number of carbonyl (C=O) groups is 2. The van der Waals surface area contributed by atoms with Crippen molar-refractivity contribution in [2.75, 3.05) is 17.7 Å². The van der Waals surface area contributed by atoms with Crippen LogP contribution in [0.15, 0.2) is 52.9 Å². The van der Waals surface area contributed by atoms with Gasteiger partial charge in [-0.3, -0.25) is 4.79 Å². The maximum absolute atomic E-state index is 12.5. The molecule has 2 heterocycles. The van der Waals surface area contributed by atoms with Crippen molar-refractivity contribution in [2.45, 2.75) is 6.92 Å². The lowest BCUT2D eigenvalue weighted by Gasteiger charge is -2.03. The summed E-state index contributed by atoms with van der Waals surface area (Å²) < 4.78 is 10.6. The summed E-state index contributed by atoms with van der Waals surface area (Å²) in [5.74, 6) is -0.594. The fourth-order valence-electron chi connectivity index (χ4n) is 2.90. The Kier molecular flexibility index (Phi) is 4.04. The van der Waals surface area contributed by atoms with Crippen LogP contribution in [0.3, 0.4) is 0 Å². The number of carbonyl (C=O) groups excluding carboxylic acids is 2. The first-order valence-electron chi connectivity index (χ1n) is 8.44. The lowest BCUT2D eigenvalue weighted by atomic mass is 10.2. The van der Waals surface area contributed by atoms with Gasteiger partial charge >= 0.3 is 5.97 Å². The van der Waals surface area contributed by atoms with Crippen molar-refractivity contribution in [3.05, 3.63) is 60.0 Å². The average Bonchev–Trinajstić information content (AvgIpc) is 3.25. The number of nitrogen functional groups attached to an aromatic ring is 1. The molecule has 0 radical (unpaired) electrons. The van der Waals surface area contributed by atoms with E-state index in [0.717, 1.165) is 16.3 Å². The molecule has 0 bridgehead atoms. The molecule has 7 heteroatoms. The number of esters is 1. The monoisotopic (exact) mass is 363 g/mol. The van der Waals surface area contributed by atoms with E-state index in [4.69, 9.17) is 14.9 Å². The molecule has 2 aromatic heterocycles. The van der Waals surface area contributed by atoms with Gasteiger partial charge in [0.2, 0.25) is 0 Å². The number of aromatic nitrogens is 1. The largest absolute Gasteiger partial charge is 0.461 e. The molecule has 0 saturated carbocycles. The Morgan fingerprint density at radius 2 is 1.96 bits per heavy atom. The molecule has 0 fully saturated rings. The fraction of sp³-hybridized carbons (Fsp3) is 0.100. The molecule has 0 aliphatic carbocycles. The lowest BCUT2D eigenvalue weighted by Crippen LogP contribution is -2.10. The third-order valence-corrected chi connectivity index (χ3v) is 4.14. The van der Waals surface area contributed by atoms with Gasteiger partial charge in [0.05, 0.1) is 6.61 Å². The summed E-state index contributed by atoms with van der Waals surface area (Å²) in [7, 11) is 0. The predicted molar refractivity (Wildman–Crippen MR) is 103 cm³/mol. The molecule has 2 aromatic carbocycles. The summed E-state index contributed by atoms with van der Waals surface area (Å²) in [6, 6.07) is 13.8. The summed E-state index contributed by atoms with van der Waals surface area (Å²) in [6.45, 7) is 2.05. The molecule has 4 N–H and O–H groups in total. The number of hydrogen-bond donors (Lipinski definition) is 3. The third-order valence-electron chi connectivity index (χ3n) is 4.14. The number of rotatable bonds is 4. The zero-order chi connectivity index (χ0) is 19.0. The zero-order valence-electron chi connectivity index (χ0n) is 14.5. The normalized spacial score (nSPS) is 11.0. The van der Waals surface area contributed by atoms with E-state index in [1.807, 2.05) is 0 Å². The molecule has 0 saturated heterocycles. The van der Waals surface area contributed by atoms with Crippen LogP contribution in [0.25, 0.3) is 21.9 Å². The van der Waals surface area contributed by atoms with E-state index in [1.54, 1.807) is 55.5 Å². The molecule has 0 unspecified atom stereocenters. The Morgan fingerprint density at radius 3 is 2.78 bits per heavy atom. The third kappa shape index (κ3) is 3.22. The summed E-state index contributed by atoms with van der Waals surface area (Å²) in [6.07, 6.45) is 0. The molecular formula is C20H17N3O4. The van der Waals surface area contributed by atoms with E-state index in [0.29, 0.717) is 29.3 Å². The van der Waals surface area contributed by atoms with Crippen molar-refractivity contribution < 1.29 is 18.7 Å². The van der Waals surface area contributed by atoms with Gasteiger partial charge in [-0.15, -0.1) is 0 Å². The molecule has 7 nitrogen and oxygen atoms in total. The number of amides is 1. The lowest BCUT2D eigenvalue weighted by molar-refractivity contribution is 0.0520. The number of nitrogens with one attached hydrogen (secondary N) is 2. The minimum atomic E-state index is -0.416. The Morgan fingerprint density at radius 1 is 1.11 bits per heavy atom. The second kappa shape index (κ2) is 6.53. The highest BCUT2D eigenvalue weighted by Crippen LogP contribution is 2.24. The molecule has 27 heavy (non-hydrogen) atoms. The maximum Gasteiger partial charge on any atom is 0.354 e. The first kappa shape index (κ1) is 16.7. The van der Waals surface area contributed by atoms with Crippen LogP contribution in [-0.4, -0.2) is 23.5 Å². The van der Waals surface area contributed by atoms with Gasteiger partial charge in [0.1, 0.15) is 11.3 Å². The van der Waals surface area contributed by atoms with E-state index in [2.05, 4.69) is 10.3 Å². The van der Waals surface area contributed by atoms with Gasteiger partial charge in [0.25, 0.3) is 5.91 Å². The Bertz CT molecular complexity index is 1170. The summed E-state index contributed by atoms with van der Waals surface area (Å²) in [4.78, 5) is 27.3. The first-order chi connectivity index (χ1) is 13.0. The van der Waals surface area contributed by atoms with Gasteiger partial charge in [-0.25, -0.2) is 4.79 Å². The number of furan rings is 1. The zero-order valence-corrected chi connectivity index (χ0v) is 14.5. The van der Waals surface area contributed by atoms with E-state index in [1.165, 1.54) is 0 Å². The quantitative estimate of drug-likeness (QED) is 0.376. The summed E-state index contributed by atoms with van der Waals surface area (Å²) in [5, 5.41) is 4.35. The van der Waals surface area contributed by atoms with Gasteiger partial charge in [0, 0.05) is 27.7 Å². The molecule has 0 atom stereocenters. The highest BCUT2D eigenvalue weighted by molar-refractivity contribution is 6.06. The Hall–Kier alpha value is -3.74. The molecule has 0 aliphatic rings. The number of nitrogens with two attached hydrogens (primary N) is 1. The van der Waals surface area contributed by atoms with Crippen LogP contribution < -0.4 is 11.1 Å². The van der Waals surface area contributed by atoms with Crippen LogP contribution in [0.5, 0.6) is 0 Å². The number of hydrogen-bond acceptors (Lipinski definition) is 5. The van der Waals surface area contributed by atoms with Gasteiger partial charge < -0.3 is 25.2 Å². The summed E-state index contributed by atoms with van der Waals surface area (Å²) in [5.41, 5.74) is 8.67. The van der Waals surface area contributed by atoms with Crippen LogP contribution >= 0.6 is 0 Å². The SMILES string of the molecule is CCOC(=O)c1cc2cc(NC(=O)c3cc4cc(N)ccc4o3)ccc2[nH]1. The van der Waals surface area contributed by atoms with Crippen molar-refractivity contribution in [3.63, 3.8) is 0 Å². The molecule has 4 rings (SSSR count). The van der Waals surface area contributed by atoms with E-state index in [-0.39, 0.29) is 11.7 Å². The first-order valence-corrected chi connectivity index (χ1v) is 8.44. The van der Waals surface area contributed by atoms with Crippen LogP contribution in [0.1, 0.15) is 28.0 Å². The van der Waals surface area contributed by atoms with E-state index < -0.39 is 5.97 Å². The molecule has 0 aliphatic heterocycles. The number of anilines is 2. The molecular weight excluding hydrogens is 346 g/mol. The van der Waals surface area contributed by atoms with Crippen molar-refractivity contribution in [3.8, 4) is 0 Å². The topological polar surface area (TPSA) is 110 Å². The minimum Gasteiger partial charge on any atom is -0.461 e. The molecule has 0 spiro atoms. The van der Waals surface area contributed by atoms with E-state index in [9.17, 15) is 9.59 Å². The molecule has 4 aromatic rings. The molecule has 1 amide bonds. The molecule has 136 valence electrons. The predicted octanol–water partition coefficient (Wildman–Crippen LogP) is 3.93. The van der Waals surface area contributed by atoms with Crippen molar-refractivity contribution >= 4 is 45.1 Å². The van der Waals surface area contributed by atoms with Gasteiger partial charge in [-0.05, 0) is 55.5 Å². The maximum atomic E-state index is 12.5. The summed E-state index contributed by atoms with van der Waals surface area (Å²) >= 11 is 0. The smallest absolute Gasteiger partial charge is 0.354 e. The van der Waals surface area contributed by atoms with Gasteiger partial charge in [-0.1, -0.05) is 0 Å². The average molecular weight is 363 g/mol. The standard InChI is InChI=1S/C20H17N3O4/c1-2-26-20(25)16-9-11-8-14(4-5-15(11)23-16)22-19(24)18-10-12-7-13(21)3-6-17(12)27-18/h3-10,23H,2,21H2,1H3,(H,22,24). The van der Waals surface area contributed by atoms with Crippen LogP contribution in [0.4, 0.5) is 11.4 Å². The highest BCUT2D eigenvalue weighted by Gasteiger charge is 2.14. The Balaban J connectivity index is 1.58. The second-order valence-electron chi connectivity index (χ2n) is 6.07. The van der Waals surface area contributed by atoms with Crippen LogP contribution in [0.2, 0.25) is 0 Å². The van der Waals surface area contributed by atoms with Gasteiger partial charge in [-0.2, -0.15) is 0 Å². The van der Waals surface area contributed by atoms with Crippen molar-refractivity contribution in [1.82, 2.24) is 4.98 Å². The fourth-order valence-corrected chi connectivity index (χ4v) is 2.90. The van der Waals surface area contributed by atoms with Crippen molar-refractivity contribution in [2.24, 2.45) is 0 Å². The van der Waals surface area contributed by atoms with Crippen LogP contribution in [0, 0.1) is 0 Å². The minimum absolute atomic E-state index is 0.192. The van der Waals surface area contributed by atoms with Crippen molar-refractivity contribution in [1.29, 1.82) is 0 Å². The van der Waals surface area contributed by atoms with E-state index >= 15 is 0 Å².